The van der Waals surface area contributed by atoms with Crippen molar-refractivity contribution in [1.82, 2.24) is 9.97 Å². The summed E-state index contributed by atoms with van der Waals surface area (Å²) in [6.45, 7) is 13.6. The first-order chi connectivity index (χ1) is 15.9. The van der Waals surface area contributed by atoms with Crippen LogP contribution in [-0.4, -0.2) is 41.7 Å². The largest absolute Gasteiger partial charge is 0.365 e. The Morgan fingerprint density at radius 2 is 1.76 bits per heavy atom. The first-order valence-electron chi connectivity index (χ1n) is 12.5. The van der Waals surface area contributed by atoms with Gasteiger partial charge >= 0.3 is 0 Å². The number of nitriles is 1. The van der Waals surface area contributed by atoms with Crippen LogP contribution in [0.2, 0.25) is 0 Å². The molecule has 0 spiro atoms. The number of aryl methyl sites for hydroxylation is 2. The van der Waals surface area contributed by atoms with E-state index in [4.69, 9.17) is 9.97 Å². The summed E-state index contributed by atoms with van der Waals surface area (Å²) in [6.07, 6.45) is 8.24. The van der Waals surface area contributed by atoms with E-state index in [1.807, 2.05) is 11.8 Å². The molecule has 1 aliphatic heterocycles. The molecular formula is C27H38N6. The molecule has 2 aromatic rings. The lowest BCUT2D eigenvalue weighted by Crippen LogP contribution is -2.56. The Kier molecular flexibility index (Phi) is 7.07. The first-order valence-corrected chi connectivity index (χ1v) is 12.5. The molecule has 2 aliphatic rings. The number of aromatic nitrogens is 2. The maximum absolute atomic E-state index is 10.0. The zero-order valence-corrected chi connectivity index (χ0v) is 20.9. The zero-order valence-electron chi connectivity index (χ0n) is 20.9. The second-order valence-corrected chi connectivity index (χ2v) is 10.1. The number of nitrogens with zero attached hydrogens (tertiary/aromatic N) is 6. The molecule has 1 aliphatic carbocycles. The highest BCUT2D eigenvalue weighted by atomic mass is 15.4. The molecule has 2 fully saturated rings. The fourth-order valence-electron chi connectivity index (χ4n) is 5.36. The van der Waals surface area contributed by atoms with Gasteiger partial charge in [0, 0.05) is 48.7 Å². The maximum Gasteiger partial charge on any atom is 0.227 e. The van der Waals surface area contributed by atoms with Crippen LogP contribution in [0.25, 0.3) is 0 Å². The molecule has 1 atom stereocenters. The topological polar surface area (TPSA) is 59.3 Å². The van der Waals surface area contributed by atoms with E-state index in [2.05, 4.69) is 68.0 Å². The van der Waals surface area contributed by atoms with E-state index in [1.54, 1.807) is 0 Å². The summed E-state index contributed by atoms with van der Waals surface area (Å²) >= 11 is 0. The third-order valence-corrected chi connectivity index (χ3v) is 7.52. The lowest BCUT2D eigenvalue weighted by molar-refractivity contribution is 0.415. The molecule has 6 heteroatoms. The van der Waals surface area contributed by atoms with Crippen molar-refractivity contribution < 1.29 is 0 Å². The average molecular weight is 447 g/mol. The predicted molar refractivity (Wildman–Crippen MR) is 136 cm³/mol. The van der Waals surface area contributed by atoms with Crippen LogP contribution >= 0.6 is 0 Å². The number of anilines is 3. The van der Waals surface area contributed by atoms with Gasteiger partial charge in [-0.05, 0) is 51.2 Å². The highest BCUT2D eigenvalue weighted by molar-refractivity contribution is 5.58. The maximum atomic E-state index is 10.0. The van der Waals surface area contributed by atoms with E-state index >= 15 is 0 Å². The molecule has 176 valence electrons. The van der Waals surface area contributed by atoms with Crippen LogP contribution in [0.15, 0.2) is 24.3 Å². The van der Waals surface area contributed by atoms with Gasteiger partial charge in [0.05, 0.1) is 0 Å². The molecule has 1 aromatic carbocycles. The summed E-state index contributed by atoms with van der Waals surface area (Å²) in [5.74, 6) is 2.06. The van der Waals surface area contributed by atoms with Crippen molar-refractivity contribution in [3.63, 3.8) is 0 Å². The minimum Gasteiger partial charge on any atom is -0.365 e. The van der Waals surface area contributed by atoms with Gasteiger partial charge in [0.25, 0.3) is 0 Å². The van der Waals surface area contributed by atoms with Crippen molar-refractivity contribution in [2.75, 3.05) is 34.3 Å². The lowest BCUT2D eigenvalue weighted by atomic mass is 9.94. The Morgan fingerprint density at radius 3 is 2.42 bits per heavy atom. The zero-order chi connectivity index (χ0) is 23.5. The third-order valence-electron chi connectivity index (χ3n) is 7.52. The van der Waals surface area contributed by atoms with E-state index < -0.39 is 0 Å². The molecule has 4 rings (SSSR count). The molecule has 0 bridgehead atoms. The molecule has 0 radical (unpaired) electrons. The van der Waals surface area contributed by atoms with E-state index in [9.17, 15) is 5.26 Å². The van der Waals surface area contributed by atoms with Gasteiger partial charge in [0.1, 0.15) is 0 Å². The van der Waals surface area contributed by atoms with Crippen molar-refractivity contribution in [3.05, 3.63) is 41.1 Å². The van der Waals surface area contributed by atoms with Gasteiger partial charge in [-0.25, -0.2) is 4.98 Å². The third kappa shape index (κ3) is 4.78. The van der Waals surface area contributed by atoms with Crippen molar-refractivity contribution in [2.45, 2.75) is 78.8 Å². The van der Waals surface area contributed by atoms with Gasteiger partial charge in [-0.15, -0.1) is 0 Å². The van der Waals surface area contributed by atoms with Crippen LogP contribution < -0.4 is 14.7 Å². The monoisotopic (exact) mass is 446 g/mol. The minimum absolute atomic E-state index is 0.255. The van der Waals surface area contributed by atoms with Crippen LogP contribution in [0.3, 0.4) is 0 Å². The van der Waals surface area contributed by atoms with Crippen LogP contribution in [-0.2, 0) is 0 Å². The predicted octanol–water partition coefficient (Wildman–Crippen LogP) is 5.37. The molecule has 1 unspecified atom stereocenters. The fourth-order valence-corrected chi connectivity index (χ4v) is 5.36. The summed E-state index contributed by atoms with van der Waals surface area (Å²) in [7, 11) is 0. The smallest absolute Gasteiger partial charge is 0.227 e. The second-order valence-electron chi connectivity index (χ2n) is 10.1. The number of piperazine rings is 1. The Balaban J connectivity index is 1.63. The molecule has 0 amide bonds. The Bertz CT molecular complexity index is 1000. The highest BCUT2D eigenvalue weighted by Gasteiger charge is 2.32. The second kappa shape index (κ2) is 9.99. The van der Waals surface area contributed by atoms with Crippen molar-refractivity contribution in [2.24, 2.45) is 5.92 Å². The Labute approximate surface area is 199 Å². The highest BCUT2D eigenvalue weighted by Crippen LogP contribution is 2.32. The number of hydrogen-bond acceptors (Lipinski definition) is 6. The molecule has 2 heterocycles. The molecule has 33 heavy (non-hydrogen) atoms. The number of hydrogen-bond donors (Lipinski definition) is 0. The van der Waals surface area contributed by atoms with Crippen LogP contribution in [0, 0.1) is 38.1 Å². The van der Waals surface area contributed by atoms with Gasteiger partial charge in [-0.3, -0.25) is 4.90 Å². The van der Waals surface area contributed by atoms with Crippen LogP contribution in [0.4, 0.5) is 17.5 Å². The standard InChI is InChI=1S/C27H38N6/c1-19(2)25-17-31(15-16-32(25)24-14-10-9-11-20(24)3)27-29-22(5)21(4)26(30-27)33(18-28)23-12-7-6-8-13-23/h9-11,14,19,23,25H,6-8,12-13,15-17H2,1-5H3. The SMILES string of the molecule is Cc1ccccc1N1CCN(c2nc(C)c(C)c(N(C#N)C3CCCCC3)n2)CC1C(C)C. The van der Waals surface area contributed by atoms with Crippen LogP contribution in [0.5, 0.6) is 0 Å². The molecule has 0 N–H and O–H groups in total. The summed E-state index contributed by atoms with van der Waals surface area (Å²) in [5, 5.41) is 10.0. The van der Waals surface area contributed by atoms with Gasteiger partial charge in [0.2, 0.25) is 5.95 Å². The molecule has 1 aromatic heterocycles. The summed E-state index contributed by atoms with van der Waals surface area (Å²) < 4.78 is 0. The average Bonchev–Trinajstić information content (AvgIpc) is 2.83. The number of para-hydroxylation sites is 1. The lowest BCUT2D eigenvalue weighted by Gasteiger charge is -2.45. The van der Waals surface area contributed by atoms with Gasteiger partial charge in [0.15, 0.2) is 12.0 Å². The fraction of sp³-hybridized carbons (Fsp3) is 0.593. The Hall–Kier alpha value is -2.81. The first kappa shape index (κ1) is 23.4. The van der Waals surface area contributed by atoms with Crippen molar-refractivity contribution >= 4 is 17.5 Å². The van der Waals surface area contributed by atoms with Gasteiger partial charge in [-0.2, -0.15) is 10.2 Å². The number of benzene rings is 1. The summed E-state index contributed by atoms with van der Waals surface area (Å²) in [6, 6.07) is 9.30. The number of rotatable bonds is 5. The molecule has 1 saturated heterocycles. The van der Waals surface area contributed by atoms with E-state index in [0.717, 1.165) is 55.5 Å². The van der Waals surface area contributed by atoms with Crippen LogP contribution in [0.1, 0.15) is 62.8 Å². The quantitative estimate of drug-likeness (QED) is 0.454. The summed E-state index contributed by atoms with van der Waals surface area (Å²) in [4.78, 5) is 16.7. The van der Waals surface area contributed by atoms with Gasteiger partial charge in [-0.1, -0.05) is 51.3 Å². The van der Waals surface area contributed by atoms with E-state index in [-0.39, 0.29) is 6.04 Å². The molecule has 1 saturated carbocycles. The van der Waals surface area contributed by atoms with Crippen molar-refractivity contribution in [1.29, 1.82) is 5.26 Å². The Morgan fingerprint density at radius 1 is 1.03 bits per heavy atom. The van der Waals surface area contributed by atoms with Gasteiger partial charge < -0.3 is 9.80 Å². The van der Waals surface area contributed by atoms with E-state index in [0.29, 0.717) is 12.0 Å². The minimum atomic E-state index is 0.255. The van der Waals surface area contributed by atoms with E-state index in [1.165, 1.54) is 30.5 Å². The summed E-state index contributed by atoms with van der Waals surface area (Å²) in [5.41, 5.74) is 4.63. The normalized spacial score (nSPS) is 19.6. The molecular weight excluding hydrogens is 408 g/mol. The van der Waals surface area contributed by atoms with Crippen molar-refractivity contribution in [3.8, 4) is 6.19 Å². The molecule has 6 nitrogen and oxygen atoms in total.